The third-order valence-electron chi connectivity index (χ3n) is 3.65. The fourth-order valence-corrected chi connectivity index (χ4v) is 2.64. The Morgan fingerprint density at radius 1 is 1.42 bits per heavy atom. The molecule has 0 spiro atoms. The van der Waals surface area contributed by atoms with Crippen molar-refractivity contribution < 1.29 is 13.2 Å². The number of hydrogen-bond acceptors (Lipinski definition) is 2. The highest BCUT2D eigenvalue weighted by Crippen LogP contribution is 2.29. The van der Waals surface area contributed by atoms with E-state index >= 15 is 0 Å². The van der Waals surface area contributed by atoms with Crippen LogP contribution in [0.1, 0.15) is 49.4 Å². The summed E-state index contributed by atoms with van der Waals surface area (Å²) in [5, 5.41) is 7.61. The molecule has 0 radical (unpaired) electrons. The SMILES string of the molecule is Cn1ncc2c1CCCC2NCCCCC(F)(F)F. The predicted molar refractivity (Wildman–Crippen MR) is 66.8 cm³/mol. The molecule has 1 heterocycles. The molecule has 6 heteroatoms. The number of nitrogens with one attached hydrogen (secondary N) is 1. The fourth-order valence-electron chi connectivity index (χ4n) is 2.64. The van der Waals surface area contributed by atoms with Gasteiger partial charge >= 0.3 is 6.18 Å². The summed E-state index contributed by atoms with van der Waals surface area (Å²) in [6.45, 7) is 0.634. The number of rotatable bonds is 5. The van der Waals surface area contributed by atoms with Crippen molar-refractivity contribution in [3.63, 3.8) is 0 Å². The summed E-state index contributed by atoms with van der Waals surface area (Å²) < 4.78 is 37.9. The minimum absolute atomic E-state index is 0.198. The van der Waals surface area contributed by atoms with Crippen LogP contribution in [-0.2, 0) is 13.5 Å². The zero-order valence-corrected chi connectivity index (χ0v) is 11.1. The lowest BCUT2D eigenvalue weighted by Gasteiger charge is -2.24. The second-order valence-electron chi connectivity index (χ2n) is 5.14. The van der Waals surface area contributed by atoms with Gasteiger partial charge < -0.3 is 5.32 Å². The van der Waals surface area contributed by atoms with Gasteiger partial charge in [-0.15, -0.1) is 0 Å². The smallest absolute Gasteiger partial charge is 0.310 e. The van der Waals surface area contributed by atoms with Crippen LogP contribution in [-0.4, -0.2) is 22.5 Å². The van der Waals surface area contributed by atoms with Crippen LogP contribution in [0, 0.1) is 0 Å². The third kappa shape index (κ3) is 3.96. The Labute approximate surface area is 111 Å². The molecule has 1 aromatic rings. The van der Waals surface area contributed by atoms with Gasteiger partial charge in [0.25, 0.3) is 0 Å². The van der Waals surface area contributed by atoms with E-state index in [1.54, 1.807) is 0 Å². The first-order valence-corrected chi connectivity index (χ1v) is 6.78. The zero-order chi connectivity index (χ0) is 13.9. The molecule has 3 nitrogen and oxygen atoms in total. The van der Waals surface area contributed by atoms with Gasteiger partial charge in [0.15, 0.2) is 0 Å². The third-order valence-corrected chi connectivity index (χ3v) is 3.65. The standard InChI is InChI=1S/C13H20F3N3/c1-19-12-6-4-5-11(10(12)9-18-19)17-8-3-2-7-13(14,15)16/h9,11,17H,2-8H2,1H3. The predicted octanol–water partition coefficient (Wildman–Crippen LogP) is 3.12. The van der Waals surface area contributed by atoms with E-state index in [0.717, 1.165) is 19.3 Å². The highest BCUT2D eigenvalue weighted by molar-refractivity contribution is 5.24. The molecule has 1 N–H and O–H groups in total. The van der Waals surface area contributed by atoms with Crippen LogP contribution in [0.15, 0.2) is 6.20 Å². The fraction of sp³-hybridized carbons (Fsp3) is 0.769. The van der Waals surface area contributed by atoms with E-state index in [9.17, 15) is 13.2 Å². The van der Waals surface area contributed by atoms with Crippen molar-refractivity contribution in [1.82, 2.24) is 15.1 Å². The first-order valence-electron chi connectivity index (χ1n) is 6.78. The Morgan fingerprint density at radius 2 is 2.21 bits per heavy atom. The van der Waals surface area contributed by atoms with Crippen molar-refractivity contribution in [2.24, 2.45) is 7.05 Å². The second-order valence-corrected chi connectivity index (χ2v) is 5.14. The molecule has 0 aromatic carbocycles. The molecule has 1 aliphatic rings. The van der Waals surface area contributed by atoms with Crippen LogP contribution in [0.4, 0.5) is 13.2 Å². The summed E-state index contributed by atoms with van der Waals surface area (Å²) in [6, 6.07) is 0.253. The number of unbranched alkanes of at least 4 members (excludes halogenated alkanes) is 1. The van der Waals surface area contributed by atoms with Gasteiger partial charge in [-0.2, -0.15) is 18.3 Å². The Hall–Kier alpha value is -1.04. The average Bonchev–Trinajstić information content (AvgIpc) is 2.70. The number of nitrogens with zero attached hydrogens (tertiary/aromatic N) is 2. The quantitative estimate of drug-likeness (QED) is 0.837. The summed E-state index contributed by atoms with van der Waals surface area (Å²) >= 11 is 0. The summed E-state index contributed by atoms with van der Waals surface area (Å²) in [4.78, 5) is 0. The summed E-state index contributed by atoms with van der Waals surface area (Å²) in [6.07, 6.45) is 1.11. The lowest BCUT2D eigenvalue weighted by molar-refractivity contribution is -0.135. The lowest BCUT2D eigenvalue weighted by Crippen LogP contribution is -2.26. The first-order chi connectivity index (χ1) is 8.97. The maximum atomic E-state index is 12.0. The van der Waals surface area contributed by atoms with Gasteiger partial charge in [-0.1, -0.05) is 0 Å². The minimum Gasteiger partial charge on any atom is -0.310 e. The van der Waals surface area contributed by atoms with Crippen LogP contribution in [0.5, 0.6) is 0 Å². The van der Waals surface area contributed by atoms with Crippen LogP contribution in [0.2, 0.25) is 0 Å². The normalized spacial score (nSPS) is 19.5. The second kappa shape index (κ2) is 5.94. The number of halogens is 3. The number of hydrogen-bond donors (Lipinski definition) is 1. The molecule has 0 aliphatic heterocycles. The summed E-state index contributed by atoms with van der Waals surface area (Å²) in [7, 11) is 1.94. The van der Waals surface area contributed by atoms with Crippen LogP contribution < -0.4 is 5.32 Å². The van der Waals surface area contributed by atoms with Crippen molar-refractivity contribution in [3.05, 3.63) is 17.5 Å². The van der Waals surface area contributed by atoms with E-state index in [1.807, 2.05) is 17.9 Å². The largest absolute Gasteiger partial charge is 0.389 e. The molecule has 0 saturated carbocycles. The van der Waals surface area contributed by atoms with Crippen molar-refractivity contribution in [1.29, 1.82) is 0 Å². The van der Waals surface area contributed by atoms with Crippen molar-refractivity contribution in [2.45, 2.75) is 50.7 Å². The Morgan fingerprint density at radius 3 is 2.95 bits per heavy atom. The van der Waals surface area contributed by atoms with Crippen LogP contribution in [0.25, 0.3) is 0 Å². The molecule has 1 unspecified atom stereocenters. The van der Waals surface area contributed by atoms with Gasteiger partial charge in [0.2, 0.25) is 0 Å². The van der Waals surface area contributed by atoms with Crippen molar-refractivity contribution >= 4 is 0 Å². The van der Waals surface area contributed by atoms with Crippen molar-refractivity contribution in [3.8, 4) is 0 Å². The number of aryl methyl sites for hydroxylation is 1. The zero-order valence-electron chi connectivity index (χ0n) is 11.1. The van der Waals surface area contributed by atoms with Crippen LogP contribution >= 0.6 is 0 Å². The Balaban J connectivity index is 1.75. The van der Waals surface area contributed by atoms with Gasteiger partial charge in [0.1, 0.15) is 0 Å². The molecule has 1 atom stereocenters. The van der Waals surface area contributed by atoms with E-state index < -0.39 is 12.6 Å². The van der Waals surface area contributed by atoms with E-state index in [1.165, 1.54) is 11.3 Å². The number of aromatic nitrogens is 2. The Kier molecular flexibility index (Phi) is 4.50. The molecule has 0 fully saturated rings. The summed E-state index contributed by atoms with van der Waals surface area (Å²) in [5.74, 6) is 0. The van der Waals surface area contributed by atoms with Crippen LogP contribution in [0.3, 0.4) is 0 Å². The molecule has 19 heavy (non-hydrogen) atoms. The number of alkyl halides is 3. The van der Waals surface area contributed by atoms with E-state index in [-0.39, 0.29) is 12.5 Å². The monoisotopic (exact) mass is 275 g/mol. The van der Waals surface area contributed by atoms with E-state index in [0.29, 0.717) is 13.0 Å². The van der Waals surface area contributed by atoms with Crippen molar-refractivity contribution in [2.75, 3.05) is 6.54 Å². The molecule has 2 rings (SSSR count). The van der Waals surface area contributed by atoms with Gasteiger partial charge in [0, 0.05) is 30.8 Å². The van der Waals surface area contributed by atoms with E-state index in [2.05, 4.69) is 10.4 Å². The topological polar surface area (TPSA) is 29.9 Å². The maximum Gasteiger partial charge on any atom is 0.389 e. The van der Waals surface area contributed by atoms with Gasteiger partial charge in [-0.3, -0.25) is 4.68 Å². The van der Waals surface area contributed by atoms with Gasteiger partial charge in [0.05, 0.1) is 6.20 Å². The van der Waals surface area contributed by atoms with Gasteiger partial charge in [-0.25, -0.2) is 0 Å². The lowest BCUT2D eigenvalue weighted by atomic mass is 9.93. The highest BCUT2D eigenvalue weighted by atomic mass is 19.4. The molecule has 1 aromatic heterocycles. The minimum atomic E-state index is -4.03. The molecule has 1 aliphatic carbocycles. The molecular formula is C13H20F3N3. The molecule has 108 valence electrons. The number of fused-ring (bicyclic) bond motifs is 1. The summed E-state index contributed by atoms with van der Waals surface area (Å²) in [5.41, 5.74) is 2.46. The van der Waals surface area contributed by atoms with E-state index in [4.69, 9.17) is 0 Å². The molecule has 0 saturated heterocycles. The first kappa shape index (κ1) is 14.4. The molecule has 0 bridgehead atoms. The highest BCUT2D eigenvalue weighted by Gasteiger charge is 2.26. The van der Waals surface area contributed by atoms with Gasteiger partial charge in [-0.05, 0) is 38.6 Å². The molecule has 0 amide bonds. The maximum absolute atomic E-state index is 12.0. The molecular weight excluding hydrogens is 255 g/mol. The average molecular weight is 275 g/mol. The Bertz CT molecular complexity index is 412.